The van der Waals surface area contributed by atoms with Gasteiger partial charge >= 0.3 is 11.9 Å². The molecule has 0 bridgehead atoms. The van der Waals surface area contributed by atoms with Gasteiger partial charge in [-0.2, -0.15) is 0 Å². The number of nitrogens with zero attached hydrogens (tertiary/aromatic N) is 2. The SMILES string of the molecule is CCC(C)OC(=O)Cn1cnc2sc(C(=O)OC)c(C)c2c1=O. The molecule has 0 fully saturated rings. The van der Waals surface area contributed by atoms with Crippen molar-refractivity contribution in [3.63, 3.8) is 0 Å². The number of thiophene rings is 1. The molecule has 0 aliphatic heterocycles. The maximum Gasteiger partial charge on any atom is 0.348 e. The molecule has 2 heterocycles. The first kappa shape index (κ1) is 17.1. The summed E-state index contributed by atoms with van der Waals surface area (Å²) >= 11 is 1.10. The second-order valence-electron chi connectivity index (χ2n) is 5.11. The average molecular weight is 338 g/mol. The number of esters is 2. The van der Waals surface area contributed by atoms with Gasteiger partial charge in [0.05, 0.1) is 24.9 Å². The molecule has 2 aromatic heterocycles. The fourth-order valence-electron chi connectivity index (χ4n) is 2.04. The minimum absolute atomic E-state index is 0.205. The third-order valence-electron chi connectivity index (χ3n) is 3.50. The Labute approximate surface area is 136 Å². The molecule has 23 heavy (non-hydrogen) atoms. The van der Waals surface area contributed by atoms with E-state index in [-0.39, 0.29) is 18.2 Å². The topological polar surface area (TPSA) is 87.5 Å². The minimum atomic E-state index is -0.507. The maximum absolute atomic E-state index is 12.5. The molecule has 0 radical (unpaired) electrons. The smallest absolute Gasteiger partial charge is 0.348 e. The van der Waals surface area contributed by atoms with Crippen LogP contribution < -0.4 is 5.56 Å². The Balaban J connectivity index is 2.39. The molecule has 0 aromatic carbocycles. The summed E-state index contributed by atoms with van der Waals surface area (Å²) in [5.74, 6) is -1.00. The van der Waals surface area contributed by atoms with Crippen molar-refractivity contribution >= 4 is 33.5 Å². The largest absolute Gasteiger partial charge is 0.465 e. The molecular weight excluding hydrogens is 320 g/mol. The molecule has 1 atom stereocenters. The maximum atomic E-state index is 12.5. The molecule has 0 aliphatic rings. The van der Waals surface area contributed by atoms with E-state index in [1.54, 1.807) is 13.8 Å². The van der Waals surface area contributed by atoms with Crippen LogP contribution in [0.1, 0.15) is 35.5 Å². The van der Waals surface area contributed by atoms with Crippen molar-refractivity contribution in [2.45, 2.75) is 39.8 Å². The predicted octanol–water partition coefficient (Wildman–Crippen LogP) is 1.89. The summed E-state index contributed by atoms with van der Waals surface area (Å²) in [5, 5.41) is 0.328. The van der Waals surface area contributed by atoms with Crippen molar-refractivity contribution in [3.8, 4) is 0 Å². The zero-order valence-corrected chi connectivity index (χ0v) is 14.2. The van der Waals surface area contributed by atoms with Gasteiger partial charge < -0.3 is 9.47 Å². The highest BCUT2D eigenvalue weighted by Gasteiger charge is 2.20. The van der Waals surface area contributed by atoms with Crippen molar-refractivity contribution in [1.29, 1.82) is 0 Å². The molecule has 7 nitrogen and oxygen atoms in total. The number of hydrogen-bond acceptors (Lipinski definition) is 7. The summed E-state index contributed by atoms with van der Waals surface area (Å²) in [5.41, 5.74) is 0.138. The van der Waals surface area contributed by atoms with E-state index in [9.17, 15) is 14.4 Å². The van der Waals surface area contributed by atoms with Crippen molar-refractivity contribution in [2.75, 3.05) is 7.11 Å². The number of ether oxygens (including phenoxy) is 2. The van der Waals surface area contributed by atoms with E-state index in [0.717, 1.165) is 11.3 Å². The summed E-state index contributed by atoms with van der Waals surface area (Å²) in [6, 6.07) is 0. The van der Waals surface area contributed by atoms with Gasteiger partial charge in [-0.25, -0.2) is 9.78 Å². The van der Waals surface area contributed by atoms with Crippen LogP contribution in [0.5, 0.6) is 0 Å². The molecule has 0 amide bonds. The Morgan fingerprint density at radius 2 is 2.13 bits per heavy atom. The molecule has 0 spiro atoms. The van der Waals surface area contributed by atoms with Crippen LogP contribution in [0.25, 0.3) is 10.2 Å². The lowest BCUT2D eigenvalue weighted by Crippen LogP contribution is -2.27. The second-order valence-corrected chi connectivity index (χ2v) is 6.11. The van der Waals surface area contributed by atoms with Crippen LogP contribution in [0.2, 0.25) is 0 Å². The Bertz CT molecular complexity index is 808. The average Bonchev–Trinajstić information content (AvgIpc) is 2.86. The van der Waals surface area contributed by atoms with Crippen molar-refractivity contribution in [1.82, 2.24) is 9.55 Å². The summed E-state index contributed by atoms with van der Waals surface area (Å²) in [6.45, 7) is 5.14. The molecule has 1 unspecified atom stereocenters. The minimum Gasteiger partial charge on any atom is -0.465 e. The van der Waals surface area contributed by atoms with Gasteiger partial charge in [0.1, 0.15) is 16.3 Å². The van der Waals surface area contributed by atoms with E-state index in [1.807, 2.05) is 6.92 Å². The summed E-state index contributed by atoms with van der Waals surface area (Å²) in [7, 11) is 1.28. The molecule has 2 aromatic rings. The zero-order chi connectivity index (χ0) is 17.1. The molecule has 124 valence electrons. The Hall–Kier alpha value is -2.22. The first-order chi connectivity index (χ1) is 10.9. The van der Waals surface area contributed by atoms with Crippen molar-refractivity contribution < 1.29 is 19.1 Å². The fourth-order valence-corrected chi connectivity index (χ4v) is 3.10. The summed E-state index contributed by atoms with van der Waals surface area (Å²) < 4.78 is 11.1. The number of rotatable bonds is 5. The van der Waals surface area contributed by atoms with Crippen LogP contribution in [-0.4, -0.2) is 34.7 Å². The van der Waals surface area contributed by atoms with E-state index >= 15 is 0 Å². The van der Waals surface area contributed by atoms with Gasteiger partial charge in [-0.05, 0) is 25.8 Å². The van der Waals surface area contributed by atoms with Crippen LogP contribution in [0.15, 0.2) is 11.1 Å². The van der Waals surface area contributed by atoms with Crippen molar-refractivity contribution in [2.24, 2.45) is 0 Å². The van der Waals surface area contributed by atoms with Gasteiger partial charge in [0.15, 0.2) is 0 Å². The number of carbonyl (C=O) groups excluding carboxylic acids is 2. The number of aryl methyl sites for hydroxylation is 1. The van der Waals surface area contributed by atoms with Crippen LogP contribution in [-0.2, 0) is 20.8 Å². The zero-order valence-electron chi connectivity index (χ0n) is 13.4. The molecule has 0 N–H and O–H groups in total. The van der Waals surface area contributed by atoms with Crippen molar-refractivity contribution in [3.05, 3.63) is 27.1 Å². The van der Waals surface area contributed by atoms with Gasteiger partial charge in [-0.3, -0.25) is 14.2 Å². The molecule has 0 saturated heterocycles. The van der Waals surface area contributed by atoms with Crippen LogP contribution >= 0.6 is 11.3 Å². The summed E-state index contributed by atoms with van der Waals surface area (Å²) in [6.07, 6.45) is 1.78. The highest BCUT2D eigenvalue weighted by molar-refractivity contribution is 7.20. The van der Waals surface area contributed by atoms with Gasteiger partial charge in [0.25, 0.3) is 5.56 Å². The van der Waals surface area contributed by atoms with E-state index in [4.69, 9.17) is 9.47 Å². The Kier molecular flexibility index (Phi) is 5.15. The standard InChI is InChI=1S/C15H18N2O5S/c1-5-8(2)22-10(18)6-17-7-16-13-11(14(17)19)9(3)12(23-13)15(20)21-4/h7-8H,5-6H2,1-4H3. The van der Waals surface area contributed by atoms with Crippen LogP contribution in [0.4, 0.5) is 0 Å². The van der Waals surface area contributed by atoms with Gasteiger partial charge in [-0.1, -0.05) is 6.92 Å². The monoisotopic (exact) mass is 338 g/mol. The first-order valence-electron chi connectivity index (χ1n) is 7.15. The highest BCUT2D eigenvalue weighted by atomic mass is 32.1. The predicted molar refractivity (Wildman–Crippen MR) is 85.8 cm³/mol. The van der Waals surface area contributed by atoms with Crippen LogP contribution in [0, 0.1) is 6.92 Å². The molecule has 0 aliphatic carbocycles. The van der Waals surface area contributed by atoms with E-state index in [1.165, 1.54) is 18.0 Å². The van der Waals surface area contributed by atoms with E-state index in [0.29, 0.717) is 27.1 Å². The molecule has 8 heteroatoms. The number of carbonyl (C=O) groups is 2. The fraction of sp³-hybridized carbons (Fsp3) is 0.467. The normalized spacial score (nSPS) is 12.2. The summed E-state index contributed by atoms with van der Waals surface area (Å²) in [4.78, 5) is 41.0. The number of fused-ring (bicyclic) bond motifs is 1. The van der Waals surface area contributed by atoms with Gasteiger partial charge in [-0.15, -0.1) is 11.3 Å². The van der Waals surface area contributed by atoms with E-state index < -0.39 is 11.9 Å². The molecular formula is C15H18N2O5S. The highest BCUT2D eigenvalue weighted by Crippen LogP contribution is 2.27. The molecule has 0 saturated carbocycles. The lowest BCUT2D eigenvalue weighted by Gasteiger charge is -2.11. The Morgan fingerprint density at radius 3 is 2.74 bits per heavy atom. The number of hydrogen-bond donors (Lipinski definition) is 0. The number of methoxy groups -OCH3 is 1. The first-order valence-corrected chi connectivity index (χ1v) is 7.97. The lowest BCUT2D eigenvalue weighted by atomic mass is 10.2. The second kappa shape index (κ2) is 6.91. The molecule has 2 rings (SSSR count). The lowest BCUT2D eigenvalue weighted by molar-refractivity contribution is -0.149. The quantitative estimate of drug-likeness (QED) is 0.774. The van der Waals surface area contributed by atoms with Crippen LogP contribution in [0.3, 0.4) is 0 Å². The third-order valence-corrected chi connectivity index (χ3v) is 4.67. The van der Waals surface area contributed by atoms with E-state index in [2.05, 4.69) is 4.98 Å². The number of aromatic nitrogens is 2. The third kappa shape index (κ3) is 3.42. The van der Waals surface area contributed by atoms with Gasteiger partial charge in [0.2, 0.25) is 0 Å². The Morgan fingerprint density at radius 1 is 1.43 bits per heavy atom. The van der Waals surface area contributed by atoms with Gasteiger partial charge in [0, 0.05) is 0 Å².